The molecule has 2 heterocycles. The van der Waals surface area contributed by atoms with E-state index in [0.717, 1.165) is 23.5 Å². The zero-order chi connectivity index (χ0) is 11.5. The van der Waals surface area contributed by atoms with Crippen molar-refractivity contribution in [1.82, 2.24) is 14.8 Å². The fourth-order valence-corrected chi connectivity index (χ4v) is 1.70. The summed E-state index contributed by atoms with van der Waals surface area (Å²) in [6.45, 7) is 4.66. The number of hydrogen-bond acceptors (Lipinski definition) is 3. The van der Waals surface area contributed by atoms with E-state index in [-0.39, 0.29) is 0 Å². The molecule has 0 saturated carbocycles. The first-order valence-electron chi connectivity index (χ1n) is 5.39. The maximum absolute atomic E-state index is 5.52. The molecule has 2 rings (SSSR count). The molecule has 0 spiro atoms. The summed E-state index contributed by atoms with van der Waals surface area (Å²) >= 11 is 0. The smallest absolute Gasteiger partial charge is 0.156 e. The minimum Gasteiger partial charge on any atom is -0.330 e. The van der Waals surface area contributed by atoms with Crippen LogP contribution in [0.2, 0.25) is 0 Å². The third kappa shape index (κ3) is 2.12. The molecule has 0 aliphatic heterocycles. The molecule has 0 amide bonds. The van der Waals surface area contributed by atoms with Crippen LogP contribution in [-0.4, -0.2) is 21.3 Å². The Balaban J connectivity index is 2.36. The number of rotatable bonds is 3. The van der Waals surface area contributed by atoms with Crippen molar-refractivity contribution in [2.75, 3.05) is 6.54 Å². The number of hydrogen-bond donors (Lipinski definition) is 1. The molecule has 0 saturated heterocycles. The maximum Gasteiger partial charge on any atom is 0.156 e. The third-order valence-electron chi connectivity index (χ3n) is 2.48. The van der Waals surface area contributed by atoms with E-state index >= 15 is 0 Å². The van der Waals surface area contributed by atoms with E-state index in [9.17, 15) is 0 Å². The Labute approximate surface area is 95.1 Å². The van der Waals surface area contributed by atoms with E-state index in [4.69, 9.17) is 5.73 Å². The van der Waals surface area contributed by atoms with Crippen molar-refractivity contribution < 1.29 is 0 Å². The van der Waals surface area contributed by atoms with Gasteiger partial charge in [0.15, 0.2) is 5.82 Å². The van der Waals surface area contributed by atoms with E-state index in [1.54, 1.807) is 4.68 Å². The molecule has 0 bridgehead atoms. The summed E-state index contributed by atoms with van der Waals surface area (Å²) in [5.74, 6) is 0.883. The van der Waals surface area contributed by atoms with Crippen LogP contribution in [0.4, 0.5) is 0 Å². The lowest BCUT2D eigenvalue weighted by Crippen LogP contribution is -2.06. The molecule has 0 fully saturated rings. The topological polar surface area (TPSA) is 56.7 Å². The van der Waals surface area contributed by atoms with E-state index in [2.05, 4.69) is 16.1 Å². The summed E-state index contributed by atoms with van der Waals surface area (Å²) in [6, 6.07) is 4.08. The largest absolute Gasteiger partial charge is 0.330 e. The van der Waals surface area contributed by atoms with Crippen LogP contribution in [0.3, 0.4) is 0 Å². The van der Waals surface area contributed by atoms with Crippen molar-refractivity contribution in [3.8, 4) is 5.82 Å². The Bertz CT molecular complexity index is 488. The highest BCUT2D eigenvalue weighted by Gasteiger charge is 2.04. The van der Waals surface area contributed by atoms with Crippen LogP contribution in [-0.2, 0) is 6.42 Å². The monoisotopic (exact) mass is 216 g/mol. The standard InChI is InChI=1S/C12H16N4/c1-9-7-11(3-5-13)8-14-12(9)16-6-4-10(2)15-16/h4,6-8H,3,5,13H2,1-2H3. The average molecular weight is 216 g/mol. The second kappa shape index (κ2) is 4.45. The Kier molecular flexibility index (Phi) is 3.01. The van der Waals surface area contributed by atoms with Crippen molar-refractivity contribution >= 4 is 0 Å². The van der Waals surface area contributed by atoms with Gasteiger partial charge >= 0.3 is 0 Å². The van der Waals surface area contributed by atoms with E-state index < -0.39 is 0 Å². The molecule has 4 heteroatoms. The lowest BCUT2D eigenvalue weighted by Gasteiger charge is -2.06. The van der Waals surface area contributed by atoms with Crippen molar-refractivity contribution in [1.29, 1.82) is 0 Å². The SMILES string of the molecule is Cc1ccn(-c2ncc(CCN)cc2C)n1. The quantitative estimate of drug-likeness (QED) is 0.843. The number of aryl methyl sites for hydroxylation is 2. The van der Waals surface area contributed by atoms with Gasteiger partial charge in [-0.15, -0.1) is 0 Å². The van der Waals surface area contributed by atoms with Crippen LogP contribution < -0.4 is 5.73 Å². The van der Waals surface area contributed by atoms with Gasteiger partial charge in [-0.25, -0.2) is 9.67 Å². The summed E-state index contributed by atoms with van der Waals surface area (Å²) in [4.78, 5) is 4.43. The highest BCUT2D eigenvalue weighted by atomic mass is 15.3. The van der Waals surface area contributed by atoms with Gasteiger partial charge < -0.3 is 5.73 Å². The zero-order valence-corrected chi connectivity index (χ0v) is 9.64. The van der Waals surface area contributed by atoms with Gasteiger partial charge in [-0.2, -0.15) is 5.10 Å². The number of pyridine rings is 1. The summed E-state index contributed by atoms with van der Waals surface area (Å²) in [5.41, 5.74) is 8.80. The van der Waals surface area contributed by atoms with E-state index in [1.165, 1.54) is 5.56 Å². The first kappa shape index (κ1) is 10.8. The summed E-state index contributed by atoms with van der Waals surface area (Å²) < 4.78 is 1.80. The van der Waals surface area contributed by atoms with Crippen LogP contribution >= 0.6 is 0 Å². The highest BCUT2D eigenvalue weighted by molar-refractivity contribution is 5.34. The molecular formula is C12H16N4. The van der Waals surface area contributed by atoms with Crippen LogP contribution in [0, 0.1) is 13.8 Å². The predicted molar refractivity (Wildman–Crippen MR) is 63.6 cm³/mol. The molecule has 16 heavy (non-hydrogen) atoms. The Morgan fingerprint density at radius 2 is 2.19 bits per heavy atom. The Morgan fingerprint density at radius 1 is 1.38 bits per heavy atom. The van der Waals surface area contributed by atoms with Gasteiger partial charge in [0.05, 0.1) is 5.69 Å². The van der Waals surface area contributed by atoms with Crippen LogP contribution in [0.1, 0.15) is 16.8 Å². The minimum absolute atomic E-state index is 0.654. The first-order valence-corrected chi connectivity index (χ1v) is 5.39. The molecular weight excluding hydrogens is 200 g/mol. The molecule has 0 aliphatic rings. The lowest BCUT2D eigenvalue weighted by molar-refractivity contribution is 0.819. The molecule has 0 aromatic carbocycles. The fraction of sp³-hybridized carbons (Fsp3) is 0.333. The molecule has 2 aromatic rings. The molecule has 2 N–H and O–H groups in total. The lowest BCUT2D eigenvalue weighted by atomic mass is 10.1. The molecule has 0 unspecified atom stereocenters. The van der Waals surface area contributed by atoms with Crippen molar-refractivity contribution in [3.63, 3.8) is 0 Å². The van der Waals surface area contributed by atoms with Gasteiger partial charge in [-0.05, 0) is 44.0 Å². The molecule has 2 aromatic heterocycles. The van der Waals surface area contributed by atoms with Crippen LogP contribution in [0.15, 0.2) is 24.5 Å². The van der Waals surface area contributed by atoms with Gasteiger partial charge in [0.25, 0.3) is 0 Å². The predicted octanol–water partition coefficient (Wildman–Crippen LogP) is 1.39. The van der Waals surface area contributed by atoms with Gasteiger partial charge in [-0.1, -0.05) is 6.07 Å². The van der Waals surface area contributed by atoms with Gasteiger partial charge in [0.2, 0.25) is 0 Å². The second-order valence-corrected chi connectivity index (χ2v) is 3.92. The maximum atomic E-state index is 5.52. The summed E-state index contributed by atoms with van der Waals surface area (Å²) in [7, 11) is 0. The van der Waals surface area contributed by atoms with E-state index in [1.807, 2.05) is 32.3 Å². The molecule has 0 atom stereocenters. The van der Waals surface area contributed by atoms with Crippen LogP contribution in [0.25, 0.3) is 5.82 Å². The molecule has 0 radical (unpaired) electrons. The number of nitrogens with two attached hydrogens (primary N) is 1. The average Bonchev–Trinajstić information content (AvgIpc) is 2.65. The van der Waals surface area contributed by atoms with Crippen molar-refractivity contribution in [2.45, 2.75) is 20.3 Å². The zero-order valence-electron chi connectivity index (χ0n) is 9.64. The Morgan fingerprint density at radius 3 is 2.75 bits per heavy atom. The van der Waals surface area contributed by atoms with Crippen molar-refractivity contribution in [2.24, 2.45) is 5.73 Å². The van der Waals surface area contributed by atoms with Gasteiger partial charge in [-0.3, -0.25) is 0 Å². The second-order valence-electron chi connectivity index (χ2n) is 3.92. The molecule has 84 valence electrons. The molecule has 0 aliphatic carbocycles. The highest BCUT2D eigenvalue weighted by Crippen LogP contribution is 2.12. The van der Waals surface area contributed by atoms with E-state index in [0.29, 0.717) is 6.54 Å². The normalized spacial score (nSPS) is 10.7. The molecule has 4 nitrogen and oxygen atoms in total. The number of nitrogens with zero attached hydrogens (tertiary/aromatic N) is 3. The van der Waals surface area contributed by atoms with Gasteiger partial charge in [0, 0.05) is 12.4 Å². The summed E-state index contributed by atoms with van der Waals surface area (Å²) in [6.07, 6.45) is 4.66. The Hall–Kier alpha value is -1.68. The fourth-order valence-electron chi connectivity index (χ4n) is 1.70. The van der Waals surface area contributed by atoms with Crippen molar-refractivity contribution in [3.05, 3.63) is 41.3 Å². The number of aromatic nitrogens is 3. The first-order chi connectivity index (χ1) is 7.70. The minimum atomic E-state index is 0.654. The third-order valence-corrected chi connectivity index (χ3v) is 2.48. The van der Waals surface area contributed by atoms with Crippen LogP contribution in [0.5, 0.6) is 0 Å². The van der Waals surface area contributed by atoms with Gasteiger partial charge in [0.1, 0.15) is 0 Å². The summed E-state index contributed by atoms with van der Waals surface area (Å²) in [5, 5.41) is 4.35.